The summed E-state index contributed by atoms with van der Waals surface area (Å²) in [5.41, 5.74) is 24.5. The van der Waals surface area contributed by atoms with Crippen molar-refractivity contribution in [2.75, 3.05) is 6.61 Å². The van der Waals surface area contributed by atoms with Crippen molar-refractivity contribution in [2.24, 2.45) is 0 Å². The Morgan fingerprint density at radius 1 is 0.419 bits per heavy atom. The molecule has 6 aromatic rings. The molecule has 0 saturated carbocycles. The van der Waals surface area contributed by atoms with Crippen molar-refractivity contribution in [3.05, 3.63) is 154 Å². The molecule has 3 aliphatic carbocycles. The third kappa shape index (κ3) is 3.96. The number of hydrogen-bond donors (Lipinski definition) is 1. The number of aliphatic hydroxyl groups is 1. The molecule has 0 unspecified atom stereocenters. The summed E-state index contributed by atoms with van der Waals surface area (Å²) in [6.07, 6.45) is 3.69. The first-order valence-electron chi connectivity index (χ1n) is 15.5. The molecule has 9 rings (SSSR count). The zero-order valence-corrected chi connectivity index (χ0v) is 24.4. The van der Waals surface area contributed by atoms with Gasteiger partial charge in [0.1, 0.15) is 0 Å². The van der Waals surface area contributed by atoms with Gasteiger partial charge < -0.3 is 5.11 Å². The van der Waals surface area contributed by atoms with Gasteiger partial charge in [-0.05, 0) is 127 Å². The Kier molecular flexibility index (Phi) is 5.43. The van der Waals surface area contributed by atoms with E-state index >= 15 is 0 Å². The molecule has 43 heavy (non-hydrogen) atoms. The van der Waals surface area contributed by atoms with Gasteiger partial charge in [0.2, 0.25) is 0 Å². The number of benzene rings is 6. The van der Waals surface area contributed by atoms with Crippen molar-refractivity contribution in [3.63, 3.8) is 0 Å². The summed E-state index contributed by atoms with van der Waals surface area (Å²) in [6.45, 7) is 2.38. The first-order valence-corrected chi connectivity index (χ1v) is 15.5. The lowest BCUT2D eigenvalue weighted by molar-refractivity contribution is 0.299. The van der Waals surface area contributed by atoms with Gasteiger partial charge in [0.05, 0.1) is 0 Å². The summed E-state index contributed by atoms with van der Waals surface area (Å²) in [5, 5.41) is 9.36. The molecule has 1 heteroatoms. The van der Waals surface area contributed by atoms with Crippen LogP contribution in [0.25, 0.3) is 55.6 Å². The van der Waals surface area contributed by atoms with E-state index in [-0.39, 0.29) is 6.61 Å². The molecule has 1 N–H and O–H groups in total. The average Bonchev–Trinajstić information content (AvgIpc) is 3.69. The van der Waals surface area contributed by atoms with Crippen molar-refractivity contribution in [1.29, 1.82) is 0 Å². The second-order valence-corrected chi connectivity index (χ2v) is 12.6. The van der Waals surface area contributed by atoms with Crippen LogP contribution in [0, 0.1) is 6.92 Å². The summed E-state index contributed by atoms with van der Waals surface area (Å²) < 4.78 is 0. The van der Waals surface area contributed by atoms with Crippen molar-refractivity contribution in [1.82, 2.24) is 0 Å². The molecule has 0 radical (unpaired) electrons. The van der Waals surface area contributed by atoms with Crippen LogP contribution in [-0.2, 0) is 25.7 Å². The van der Waals surface area contributed by atoms with Gasteiger partial charge in [0, 0.05) is 6.61 Å². The maximum Gasteiger partial charge on any atom is 0.0471 e. The van der Waals surface area contributed by atoms with Gasteiger partial charge >= 0.3 is 0 Å². The Labute approximate surface area is 253 Å². The third-order valence-electron chi connectivity index (χ3n) is 9.93. The second kappa shape index (κ2) is 9.39. The number of fused-ring (bicyclic) bond motifs is 9. The summed E-state index contributed by atoms with van der Waals surface area (Å²) in [6, 6.07) is 41.6. The van der Waals surface area contributed by atoms with E-state index in [1.165, 1.54) is 100 Å². The second-order valence-electron chi connectivity index (χ2n) is 12.6. The molecule has 206 valence electrons. The van der Waals surface area contributed by atoms with Crippen LogP contribution in [0.1, 0.15) is 44.5 Å². The highest BCUT2D eigenvalue weighted by molar-refractivity contribution is 5.86. The van der Waals surface area contributed by atoms with Crippen molar-refractivity contribution in [3.8, 4) is 55.6 Å². The Morgan fingerprint density at radius 2 is 0.767 bits per heavy atom. The Balaban J connectivity index is 0.991. The van der Waals surface area contributed by atoms with Gasteiger partial charge in [-0.25, -0.2) is 0 Å². The Morgan fingerprint density at radius 3 is 1.19 bits per heavy atom. The predicted octanol–water partition coefficient (Wildman–Crippen LogP) is 9.58. The molecule has 0 saturated heterocycles. The van der Waals surface area contributed by atoms with E-state index in [9.17, 15) is 5.11 Å². The molecule has 0 aromatic heterocycles. The van der Waals surface area contributed by atoms with Crippen LogP contribution in [0.15, 0.2) is 109 Å². The highest BCUT2D eigenvalue weighted by Gasteiger charge is 2.23. The van der Waals surface area contributed by atoms with Crippen LogP contribution in [0.4, 0.5) is 0 Å². The van der Waals surface area contributed by atoms with Crippen molar-refractivity contribution >= 4 is 0 Å². The molecule has 6 aromatic carbocycles. The van der Waals surface area contributed by atoms with Gasteiger partial charge in [-0.1, -0.05) is 115 Å². The first kappa shape index (κ1) is 24.8. The largest absolute Gasteiger partial charge is 0.396 e. The Bertz CT molecular complexity index is 2130. The van der Waals surface area contributed by atoms with Gasteiger partial charge in [-0.15, -0.1) is 0 Å². The monoisotopic (exact) mass is 552 g/mol. The van der Waals surface area contributed by atoms with E-state index in [0.29, 0.717) is 0 Å². The van der Waals surface area contributed by atoms with Crippen LogP contribution in [0.2, 0.25) is 0 Å². The molecule has 0 atom stereocenters. The van der Waals surface area contributed by atoms with Gasteiger partial charge in [-0.3, -0.25) is 0 Å². The molecule has 0 heterocycles. The molecule has 0 spiro atoms. The molecule has 1 nitrogen and oxygen atoms in total. The van der Waals surface area contributed by atoms with E-state index in [4.69, 9.17) is 0 Å². The van der Waals surface area contributed by atoms with Crippen LogP contribution in [-0.4, -0.2) is 11.7 Å². The van der Waals surface area contributed by atoms with Crippen LogP contribution >= 0.6 is 0 Å². The predicted molar refractivity (Wildman–Crippen MR) is 178 cm³/mol. The number of rotatable bonds is 4. The molecular formula is C42H32O. The fraction of sp³-hybridized carbons (Fsp3) is 0.143. The summed E-state index contributed by atoms with van der Waals surface area (Å²) in [5.74, 6) is 0. The SMILES string of the molecule is Cc1ccc2c(c1)Cc1cc(-c3ccc4c(c3)Cc3cc(-c5ccc6c(c5)Cc5cc(CCO)ccc5-6)ccc3-4)ccc1-2. The smallest absolute Gasteiger partial charge is 0.0471 e. The topological polar surface area (TPSA) is 20.2 Å². The Hall–Kier alpha value is -4.72. The molecular weight excluding hydrogens is 520 g/mol. The number of aliphatic hydroxyl groups excluding tert-OH is 1. The lowest BCUT2D eigenvalue weighted by atomic mass is 9.95. The minimum Gasteiger partial charge on any atom is -0.396 e. The fourth-order valence-electron chi connectivity index (χ4n) is 7.82. The number of aryl methyl sites for hydroxylation is 1. The van der Waals surface area contributed by atoms with E-state index in [1.54, 1.807) is 0 Å². The summed E-state index contributed by atoms with van der Waals surface area (Å²) >= 11 is 0. The highest BCUT2D eigenvalue weighted by Crippen LogP contribution is 2.44. The summed E-state index contributed by atoms with van der Waals surface area (Å²) in [4.78, 5) is 0. The van der Waals surface area contributed by atoms with Gasteiger partial charge in [-0.2, -0.15) is 0 Å². The van der Waals surface area contributed by atoms with E-state index < -0.39 is 0 Å². The lowest BCUT2D eigenvalue weighted by Gasteiger charge is -2.09. The lowest BCUT2D eigenvalue weighted by Crippen LogP contribution is -1.91. The zero-order chi connectivity index (χ0) is 28.7. The molecule has 3 aliphatic rings. The molecule has 0 bridgehead atoms. The van der Waals surface area contributed by atoms with Gasteiger partial charge in [0.25, 0.3) is 0 Å². The standard InChI is InChI=1S/C42H32O/c1-25-2-8-37-31(16-25)22-33-18-27(4-10-39(33)37)29-6-12-41-35(20-29)24-36-21-30(7-13-42(36)41)28-5-11-40-34(19-28)23-32-17-26(14-15-43)3-9-38(32)40/h2-13,16-21,43H,14-15,22-24H2,1H3. The average molecular weight is 553 g/mol. The quantitative estimate of drug-likeness (QED) is 0.230. The maximum atomic E-state index is 9.36. The normalized spacial score (nSPS) is 13.3. The fourth-order valence-corrected chi connectivity index (χ4v) is 7.82. The van der Waals surface area contributed by atoms with Crippen molar-refractivity contribution in [2.45, 2.75) is 32.6 Å². The van der Waals surface area contributed by atoms with E-state index in [1.807, 2.05) is 0 Å². The van der Waals surface area contributed by atoms with Crippen LogP contribution in [0.5, 0.6) is 0 Å². The zero-order valence-electron chi connectivity index (χ0n) is 24.4. The maximum absolute atomic E-state index is 9.36. The molecule has 0 fully saturated rings. The van der Waals surface area contributed by atoms with E-state index in [0.717, 1.165) is 25.7 Å². The highest BCUT2D eigenvalue weighted by atomic mass is 16.2. The first-order chi connectivity index (χ1) is 21.1. The van der Waals surface area contributed by atoms with Crippen molar-refractivity contribution < 1.29 is 5.11 Å². The number of hydrogen-bond acceptors (Lipinski definition) is 1. The molecule has 0 aliphatic heterocycles. The minimum atomic E-state index is 0.197. The summed E-state index contributed by atoms with van der Waals surface area (Å²) in [7, 11) is 0. The third-order valence-corrected chi connectivity index (χ3v) is 9.93. The van der Waals surface area contributed by atoms with Crippen LogP contribution in [0.3, 0.4) is 0 Å². The molecule has 0 amide bonds. The van der Waals surface area contributed by atoms with E-state index in [2.05, 4.69) is 116 Å². The van der Waals surface area contributed by atoms with Gasteiger partial charge in [0.15, 0.2) is 0 Å². The van der Waals surface area contributed by atoms with Crippen LogP contribution < -0.4 is 0 Å². The minimum absolute atomic E-state index is 0.197.